The molecule has 1 amide bonds. The molecule has 5 nitrogen and oxygen atoms in total. The number of hydrazone groups is 1. The molecule has 0 radical (unpaired) electrons. The molecule has 110 valence electrons. The molecule has 0 spiro atoms. The fourth-order valence-corrected chi connectivity index (χ4v) is 2.33. The van der Waals surface area contributed by atoms with Gasteiger partial charge in [0.1, 0.15) is 6.54 Å². The summed E-state index contributed by atoms with van der Waals surface area (Å²) in [7, 11) is 0. The summed E-state index contributed by atoms with van der Waals surface area (Å²) in [6.45, 7) is 5.83. The van der Waals surface area contributed by atoms with Crippen molar-refractivity contribution < 1.29 is 4.79 Å². The number of benzene rings is 1. The molecule has 0 aliphatic heterocycles. The summed E-state index contributed by atoms with van der Waals surface area (Å²) >= 11 is 3.41. The van der Waals surface area contributed by atoms with Crippen LogP contribution in [0.15, 0.2) is 39.9 Å². The lowest BCUT2D eigenvalue weighted by Crippen LogP contribution is -2.25. The number of carbonyl (C=O) groups is 1. The predicted octanol–water partition coefficient (Wildman–Crippen LogP) is 2.80. The highest BCUT2D eigenvalue weighted by Gasteiger charge is 2.06. The molecule has 1 aromatic carbocycles. The predicted molar refractivity (Wildman–Crippen MR) is 86.2 cm³/mol. The van der Waals surface area contributed by atoms with Crippen molar-refractivity contribution in [2.75, 3.05) is 0 Å². The maximum absolute atomic E-state index is 11.9. The quantitative estimate of drug-likeness (QED) is 0.682. The Morgan fingerprint density at radius 2 is 2.14 bits per heavy atom. The molecule has 21 heavy (non-hydrogen) atoms. The molecule has 0 saturated heterocycles. The Morgan fingerprint density at radius 3 is 2.76 bits per heavy atom. The lowest BCUT2D eigenvalue weighted by Gasteiger charge is -2.05. The molecule has 1 heterocycles. The highest BCUT2D eigenvalue weighted by Crippen LogP contribution is 2.12. The van der Waals surface area contributed by atoms with E-state index in [1.165, 1.54) is 0 Å². The van der Waals surface area contributed by atoms with Crippen molar-refractivity contribution in [1.82, 2.24) is 15.2 Å². The van der Waals surface area contributed by atoms with Gasteiger partial charge in [-0.1, -0.05) is 28.1 Å². The molecule has 0 fully saturated rings. The molecule has 2 aromatic rings. The van der Waals surface area contributed by atoms with Gasteiger partial charge in [-0.3, -0.25) is 9.48 Å². The van der Waals surface area contributed by atoms with Crippen LogP contribution in [0.2, 0.25) is 0 Å². The fraction of sp³-hybridized carbons (Fsp3) is 0.267. The molecule has 1 N–H and O–H groups in total. The van der Waals surface area contributed by atoms with Crippen LogP contribution in [0.5, 0.6) is 0 Å². The van der Waals surface area contributed by atoms with E-state index in [9.17, 15) is 4.79 Å². The standard InChI is InChI=1S/C15H17BrN4O/c1-10-7-11(2)20(19-10)9-15(21)18-17-12(3)13-5-4-6-14(16)8-13/h4-8H,9H2,1-3H3,(H,18,21)/b17-12-. The first-order valence-corrected chi connectivity index (χ1v) is 7.35. The second-order valence-electron chi connectivity index (χ2n) is 4.83. The normalized spacial score (nSPS) is 11.5. The smallest absolute Gasteiger partial charge is 0.261 e. The van der Waals surface area contributed by atoms with Gasteiger partial charge in [-0.05, 0) is 44.5 Å². The lowest BCUT2D eigenvalue weighted by molar-refractivity contribution is -0.121. The Kier molecular flexibility index (Phi) is 4.90. The SMILES string of the molecule is C/C(=N/NC(=O)Cn1nc(C)cc1C)c1cccc(Br)c1. The maximum atomic E-state index is 11.9. The summed E-state index contributed by atoms with van der Waals surface area (Å²) in [4.78, 5) is 11.9. The number of nitrogens with one attached hydrogen (secondary N) is 1. The average molecular weight is 349 g/mol. The molecule has 1 aromatic heterocycles. The van der Waals surface area contributed by atoms with E-state index in [1.807, 2.05) is 51.1 Å². The van der Waals surface area contributed by atoms with Gasteiger partial charge in [-0.25, -0.2) is 5.43 Å². The molecule has 0 bridgehead atoms. The minimum Gasteiger partial charge on any atom is -0.271 e. The van der Waals surface area contributed by atoms with Crippen LogP contribution in [0.3, 0.4) is 0 Å². The summed E-state index contributed by atoms with van der Waals surface area (Å²) in [5.74, 6) is -0.199. The Balaban J connectivity index is 2.00. The number of amides is 1. The third kappa shape index (κ3) is 4.26. The molecule has 0 aliphatic rings. The number of rotatable bonds is 4. The van der Waals surface area contributed by atoms with Gasteiger partial charge in [0.25, 0.3) is 5.91 Å². The topological polar surface area (TPSA) is 59.3 Å². The van der Waals surface area contributed by atoms with Crippen molar-refractivity contribution in [2.24, 2.45) is 5.10 Å². The summed E-state index contributed by atoms with van der Waals surface area (Å²) in [6.07, 6.45) is 0. The van der Waals surface area contributed by atoms with E-state index in [0.717, 1.165) is 27.1 Å². The van der Waals surface area contributed by atoms with Crippen LogP contribution in [-0.4, -0.2) is 21.4 Å². The van der Waals surface area contributed by atoms with Crippen LogP contribution in [0.25, 0.3) is 0 Å². The highest BCUT2D eigenvalue weighted by molar-refractivity contribution is 9.10. The zero-order chi connectivity index (χ0) is 15.4. The van der Waals surface area contributed by atoms with E-state index < -0.39 is 0 Å². The summed E-state index contributed by atoms with van der Waals surface area (Å²) < 4.78 is 2.64. The van der Waals surface area contributed by atoms with Crippen molar-refractivity contribution in [3.05, 3.63) is 51.8 Å². The van der Waals surface area contributed by atoms with Gasteiger partial charge in [0.2, 0.25) is 0 Å². The lowest BCUT2D eigenvalue weighted by atomic mass is 10.1. The van der Waals surface area contributed by atoms with Crippen LogP contribution in [0.4, 0.5) is 0 Å². The molecule has 6 heteroatoms. The van der Waals surface area contributed by atoms with Crippen molar-refractivity contribution in [3.8, 4) is 0 Å². The zero-order valence-corrected chi connectivity index (χ0v) is 13.8. The monoisotopic (exact) mass is 348 g/mol. The molecule has 0 unspecified atom stereocenters. The minimum absolute atomic E-state index is 0.162. The first kappa shape index (κ1) is 15.4. The first-order valence-electron chi connectivity index (χ1n) is 6.56. The number of aromatic nitrogens is 2. The zero-order valence-electron chi connectivity index (χ0n) is 12.2. The number of hydrogen-bond donors (Lipinski definition) is 1. The second-order valence-corrected chi connectivity index (χ2v) is 5.74. The van der Waals surface area contributed by atoms with Crippen molar-refractivity contribution in [1.29, 1.82) is 0 Å². The third-order valence-electron chi connectivity index (χ3n) is 2.99. The van der Waals surface area contributed by atoms with Crippen molar-refractivity contribution in [2.45, 2.75) is 27.3 Å². The maximum Gasteiger partial charge on any atom is 0.261 e. The van der Waals surface area contributed by atoms with Crippen LogP contribution in [0.1, 0.15) is 23.9 Å². The van der Waals surface area contributed by atoms with Gasteiger partial charge in [0.15, 0.2) is 0 Å². The molecular formula is C15H17BrN4O. The van der Waals surface area contributed by atoms with Gasteiger partial charge >= 0.3 is 0 Å². The third-order valence-corrected chi connectivity index (χ3v) is 3.48. The summed E-state index contributed by atoms with van der Waals surface area (Å²) in [6, 6.07) is 9.69. The van der Waals surface area contributed by atoms with E-state index in [1.54, 1.807) is 4.68 Å². The van der Waals surface area contributed by atoms with Gasteiger partial charge in [-0.15, -0.1) is 0 Å². The van der Waals surface area contributed by atoms with Crippen LogP contribution < -0.4 is 5.43 Å². The average Bonchev–Trinajstić information content (AvgIpc) is 2.74. The Labute approximate surface area is 132 Å². The highest BCUT2D eigenvalue weighted by atomic mass is 79.9. The van der Waals surface area contributed by atoms with E-state index in [2.05, 4.69) is 31.6 Å². The van der Waals surface area contributed by atoms with Crippen LogP contribution in [-0.2, 0) is 11.3 Å². The number of carbonyl (C=O) groups excluding carboxylic acids is 1. The van der Waals surface area contributed by atoms with Crippen molar-refractivity contribution in [3.63, 3.8) is 0 Å². The molecule has 0 saturated carbocycles. The van der Waals surface area contributed by atoms with Gasteiger partial charge < -0.3 is 0 Å². The largest absolute Gasteiger partial charge is 0.271 e. The van der Waals surface area contributed by atoms with Crippen molar-refractivity contribution >= 4 is 27.5 Å². The van der Waals surface area contributed by atoms with E-state index in [4.69, 9.17) is 0 Å². The number of halogens is 1. The van der Waals surface area contributed by atoms with Gasteiger partial charge in [0.05, 0.1) is 11.4 Å². The summed E-state index contributed by atoms with van der Waals surface area (Å²) in [5.41, 5.74) is 6.11. The van der Waals surface area contributed by atoms with Gasteiger partial charge in [-0.2, -0.15) is 10.2 Å². The summed E-state index contributed by atoms with van der Waals surface area (Å²) in [5, 5.41) is 8.37. The number of hydrogen-bond acceptors (Lipinski definition) is 3. The molecular weight excluding hydrogens is 332 g/mol. The Morgan fingerprint density at radius 1 is 1.38 bits per heavy atom. The van der Waals surface area contributed by atoms with Crippen LogP contribution >= 0.6 is 15.9 Å². The number of aryl methyl sites for hydroxylation is 2. The molecule has 0 atom stereocenters. The number of nitrogens with zero attached hydrogens (tertiary/aromatic N) is 3. The first-order chi connectivity index (χ1) is 9.95. The minimum atomic E-state index is -0.199. The van der Waals surface area contributed by atoms with E-state index >= 15 is 0 Å². The Bertz CT molecular complexity index is 691. The van der Waals surface area contributed by atoms with E-state index in [0.29, 0.717) is 0 Å². The fourth-order valence-electron chi connectivity index (χ4n) is 1.93. The Hall–Kier alpha value is -1.95. The van der Waals surface area contributed by atoms with Crippen LogP contribution in [0, 0.1) is 13.8 Å². The second kappa shape index (κ2) is 6.67. The molecule has 2 rings (SSSR count). The van der Waals surface area contributed by atoms with Gasteiger partial charge in [0, 0.05) is 10.2 Å². The van der Waals surface area contributed by atoms with E-state index in [-0.39, 0.29) is 12.5 Å². The molecule has 0 aliphatic carbocycles.